The fraction of sp³-hybridized carbons (Fsp3) is 0.308. The Hall–Kier alpha value is -1.44. The van der Waals surface area contributed by atoms with Crippen molar-refractivity contribution < 1.29 is 4.79 Å². The number of nitrogens with zero attached hydrogens (tertiary/aromatic N) is 2. The average molecular weight is 375 g/mol. The lowest BCUT2D eigenvalue weighted by Gasteiger charge is -2.01. The topological polar surface area (TPSA) is 82.7 Å². The molecule has 0 aliphatic rings. The molecule has 2 rings (SSSR count). The van der Waals surface area contributed by atoms with Crippen LogP contribution in [0, 0.1) is 0 Å². The van der Waals surface area contributed by atoms with E-state index in [2.05, 4.69) is 41.7 Å². The largest absolute Gasteiger partial charge is 0.349 e. The van der Waals surface area contributed by atoms with Crippen molar-refractivity contribution in [2.45, 2.75) is 13.0 Å². The van der Waals surface area contributed by atoms with Crippen LogP contribution in [0.4, 0.5) is 0 Å². The van der Waals surface area contributed by atoms with E-state index in [0.29, 0.717) is 31.2 Å². The van der Waals surface area contributed by atoms with Crippen LogP contribution < -0.4 is 10.6 Å². The van der Waals surface area contributed by atoms with Crippen molar-refractivity contribution in [2.24, 2.45) is 0 Å². The maximum Gasteiger partial charge on any atom is 0.221 e. The van der Waals surface area contributed by atoms with E-state index in [1.165, 1.54) is 0 Å². The van der Waals surface area contributed by atoms with Crippen molar-refractivity contribution >= 4 is 34.2 Å². The average Bonchev–Trinajstić information content (AvgIpc) is 2.92. The Morgan fingerprint density at radius 2 is 2.05 bits per heavy atom. The number of halogens is 2. The summed E-state index contributed by atoms with van der Waals surface area (Å²) in [5.41, 5.74) is 0.928. The minimum absolute atomic E-state index is 0. The van der Waals surface area contributed by atoms with E-state index in [1.807, 2.05) is 31.3 Å². The predicted molar refractivity (Wildman–Crippen MR) is 87.2 cm³/mol. The number of H-pyrrole nitrogens is 1. The van der Waals surface area contributed by atoms with Crippen molar-refractivity contribution in [1.29, 1.82) is 0 Å². The van der Waals surface area contributed by atoms with Crippen LogP contribution >= 0.6 is 28.3 Å². The molecule has 8 heteroatoms. The standard InChI is InChI=1S/C13H16BrN5O.ClH/c1-15-7-6-12(20)16-8-11-17-13(19-18-11)9-2-4-10(14)5-3-9;/h2-5,15H,6-8H2,1H3,(H,16,20)(H,17,18,19);1H. The molecule has 0 spiro atoms. The highest BCUT2D eigenvalue weighted by Crippen LogP contribution is 2.18. The van der Waals surface area contributed by atoms with Crippen molar-refractivity contribution in [3.8, 4) is 11.4 Å². The summed E-state index contributed by atoms with van der Waals surface area (Å²) in [4.78, 5) is 15.8. The number of aromatic amines is 1. The van der Waals surface area contributed by atoms with Crippen molar-refractivity contribution in [3.63, 3.8) is 0 Å². The maximum absolute atomic E-state index is 11.5. The van der Waals surface area contributed by atoms with Gasteiger partial charge in [0.15, 0.2) is 5.82 Å². The van der Waals surface area contributed by atoms with Gasteiger partial charge < -0.3 is 10.6 Å². The third-order valence-electron chi connectivity index (χ3n) is 2.69. The van der Waals surface area contributed by atoms with E-state index in [4.69, 9.17) is 0 Å². The van der Waals surface area contributed by atoms with Gasteiger partial charge in [-0.25, -0.2) is 4.98 Å². The number of carbonyl (C=O) groups is 1. The summed E-state index contributed by atoms with van der Waals surface area (Å²) in [6, 6.07) is 7.74. The minimum Gasteiger partial charge on any atom is -0.349 e. The number of benzene rings is 1. The number of nitrogens with one attached hydrogen (secondary N) is 3. The van der Waals surface area contributed by atoms with Crippen LogP contribution in [0.2, 0.25) is 0 Å². The normalized spacial score (nSPS) is 10.0. The third-order valence-corrected chi connectivity index (χ3v) is 3.22. The Morgan fingerprint density at radius 3 is 2.71 bits per heavy atom. The van der Waals surface area contributed by atoms with Crippen LogP contribution in [-0.4, -0.2) is 34.7 Å². The van der Waals surface area contributed by atoms with Gasteiger partial charge in [0.2, 0.25) is 5.91 Å². The summed E-state index contributed by atoms with van der Waals surface area (Å²) >= 11 is 3.38. The first-order valence-corrected chi connectivity index (χ1v) is 7.07. The lowest BCUT2D eigenvalue weighted by Crippen LogP contribution is -2.26. The molecule has 1 aromatic heterocycles. The van der Waals surface area contributed by atoms with Crippen LogP contribution in [0.3, 0.4) is 0 Å². The zero-order valence-corrected chi connectivity index (χ0v) is 13.9. The summed E-state index contributed by atoms with van der Waals surface area (Å²) in [6.45, 7) is 1.01. The van der Waals surface area contributed by atoms with Crippen LogP contribution in [0.1, 0.15) is 12.2 Å². The summed E-state index contributed by atoms with van der Waals surface area (Å²) in [5.74, 6) is 1.25. The molecule has 0 atom stereocenters. The first kappa shape index (κ1) is 17.6. The second-order valence-corrected chi connectivity index (χ2v) is 5.16. The third kappa shape index (κ3) is 5.45. The molecular formula is C13H17BrClN5O. The van der Waals surface area contributed by atoms with E-state index in [0.717, 1.165) is 10.0 Å². The SMILES string of the molecule is CNCCC(=O)NCc1nc(-c2ccc(Br)cc2)n[nH]1.Cl. The fourth-order valence-electron chi connectivity index (χ4n) is 1.61. The number of hydrogen-bond donors (Lipinski definition) is 3. The molecule has 21 heavy (non-hydrogen) atoms. The molecular weight excluding hydrogens is 358 g/mol. The van der Waals surface area contributed by atoms with Gasteiger partial charge in [-0.2, -0.15) is 5.10 Å². The van der Waals surface area contributed by atoms with Gasteiger partial charge in [0.1, 0.15) is 5.82 Å². The van der Waals surface area contributed by atoms with Gasteiger partial charge in [-0.1, -0.05) is 28.1 Å². The van der Waals surface area contributed by atoms with Crippen molar-refractivity contribution in [2.75, 3.05) is 13.6 Å². The Bertz CT molecular complexity index is 572. The Kier molecular flexibility index (Phi) is 7.35. The van der Waals surface area contributed by atoms with Gasteiger partial charge in [-0.05, 0) is 19.2 Å². The number of carbonyl (C=O) groups excluding carboxylic acids is 1. The predicted octanol–water partition coefficient (Wildman–Crippen LogP) is 1.88. The summed E-state index contributed by atoms with van der Waals surface area (Å²) in [5, 5.41) is 12.7. The molecule has 0 bridgehead atoms. The highest BCUT2D eigenvalue weighted by Gasteiger charge is 2.07. The number of hydrogen-bond acceptors (Lipinski definition) is 4. The van der Waals surface area contributed by atoms with Crippen LogP contribution in [0.15, 0.2) is 28.7 Å². The molecule has 0 saturated carbocycles. The number of aromatic nitrogens is 3. The monoisotopic (exact) mass is 373 g/mol. The Labute approximate surface area is 137 Å². The molecule has 6 nitrogen and oxygen atoms in total. The molecule has 1 amide bonds. The fourth-order valence-corrected chi connectivity index (χ4v) is 1.88. The van der Waals surface area contributed by atoms with Crippen LogP contribution in [-0.2, 0) is 11.3 Å². The number of amides is 1. The molecule has 2 aromatic rings. The van der Waals surface area contributed by atoms with E-state index in [-0.39, 0.29) is 18.3 Å². The van der Waals surface area contributed by atoms with Gasteiger partial charge in [0.25, 0.3) is 0 Å². The molecule has 0 unspecified atom stereocenters. The zero-order chi connectivity index (χ0) is 14.4. The van der Waals surface area contributed by atoms with Gasteiger partial charge in [-0.3, -0.25) is 9.89 Å². The second-order valence-electron chi connectivity index (χ2n) is 4.24. The minimum atomic E-state index is -0.0130. The summed E-state index contributed by atoms with van der Waals surface area (Å²) in [6.07, 6.45) is 0.449. The molecule has 114 valence electrons. The summed E-state index contributed by atoms with van der Waals surface area (Å²) < 4.78 is 1.01. The zero-order valence-electron chi connectivity index (χ0n) is 11.5. The quantitative estimate of drug-likeness (QED) is 0.721. The molecule has 0 fully saturated rings. The lowest BCUT2D eigenvalue weighted by atomic mass is 10.2. The molecule has 0 radical (unpaired) electrons. The van der Waals surface area contributed by atoms with Gasteiger partial charge in [-0.15, -0.1) is 12.4 Å². The van der Waals surface area contributed by atoms with E-state index >= 15 is 0 Å². The Balaban J connectivity index is 0.00000220. The maximum atomic E-state index is 11.5. The highest BCUT2D eigenvalue weighted by molar-refractivity contribution is 9.10. The number of rotatable bonds is 6. The molecule has 1 aromatic carbocycles. The first-order chi connectivity index (χ1) is 9.69. The Morgan fingerprint density at radius 1 is 1.33 bits per heavy atom. The van der Waals surface area contributed by atoms with Crippen LogP contribution in [0.25, 0.3) is 11.4 Å². The molecule has 0 saturated heterocycles. The van der Waals surface area contributed by atoms with Crippen molar-refractivity contribution in [3.05, 3.63) is 34.6 Å². The van der Waals surface area contributed by atoms with Crippen molar-refractivity contribution in [1.82, 2.24) is 25.8 Å². The van der Waals surface area contributed by atoms with E-state index in [1.54, 1.807) is 0 Å². The molecule has 3 N–H and O–H groups in total. The summed E-state index contributed by atoms with van der Waals surface area (Å²) in [7, 11) is 1.81. The van der Waals surface area contributed by atoms with Gasteiger partial charge in [0, 0.05) is 23.0 Å². The lowest BCUT2D eigenvalue weighted by molar-refractivity contribution is -0.121. The highest BCUT2D eigenvalue weighted by atomic mass is 79.9. The van der Waals surface area contributed by atoms with E-state index < -0.39 is 0 Å². The molecule has 0 aliphatic heterocycles. The first-order valence-electron chi connectivity index (χ1n) is 6.27. The molecule has 1 heterocycles. The van der Waals surface area contributed by atoms with Crippen LogP contribution in [0.5, 0.6) is 0 Å². The molecule has 0 aliphatic carbocycles. The van der Waals surface area contributed by atoms with Gasteiger partial charge >= 0.3 is 0 Å². The van der Waals surface area contributed by atoms with Gasteiger partial charge in [0.05, 0.1) is 6.54 Å². The van der Waals surface area contributed by atoms with E-state index in [9.17, 15) is 4.79 Å². The second kappa shape index (κ2) is 8.76. The smallest absolute Gasteiger partial charge is 0.221 e.